The van der Waals surface area contributed by atoms with Crippen molar-refractivity contribution < 1.29 is 41.7 Å². The number of carboxylic acids is 1. The quantitative estimate of drug-likeness (QED) is 0.783. The van der Waals surface area contributed by atoms with Gasteiger partial charge >= 0.3 is 18.5 Å². The third-order valence-corrected chi connectivity index (χ3v) is 3.52. The molecule has 0 radical (unpaired) electrons. The molecule has 2 rings (SSSR count). The van der Waals surface area contributed by atoms with E-state index >= 15 is 0 Å². The number of carbonyl (C=O) groups excluding carboxylic acids is 1. The number of benzene rings is 1. The number of nitrogens with zero attached hydrogens (tertiary/aromatic N) is 1. The molecule has 1 aromatic rings. The Morgan fingerprint density at radius 3 is 2.68 bits per heavy atom. The molecule has 138 valence electrons. The van der Waals surface area contributed by atoms with E-state index in [-0.39, 0.29) is 25.3 Å². The fourth-order valence-corrected chi connectivity index (χ4v) is 2.37. The van der Waals surface area contributed by atoms with E-state index in [1.54, 1.807) is 0 Å². The second kappa shape index (κ2) is 7.68. The summed E-state index contributed by atoms with van der Waals surface area (Å²) in [6, 6.07) is 3.92. The van der Waals surface area contributed by atoms with Crippen LogP contribution in [0.5, 0.6) is 5.75 Å². The molecule has 1 saturated heterocycles. The molecule has 0 aromatic heterocycles. The zero-order valence-electron chi connectivity index (χ0n) is 12.8. The Morgan fingerprint density at radius 2 is 2.04 bits per heavy atom. The highest BCUT2D eigenvalue weighted by molar-refractivity contribution is 5.97. The van der Waals surface area contributed by atoms with Crippen LogP contribution in [-0.2, 0) is 9.53 Å². The van der Waals surface area contributed by atoms with Crippen molar-refractivity contribution in [3.8, 4) is 5.75 Å². The molecular weight excluding hydrogens is 350 g/mol. The van der Waals surface area contributed by atoms with Crippen LogP contribution in [0.25, 0.3) is 0 Å². The van der Waals surface area contributed by atoms with E-state index in [1.165, 1.54) is 12.1 Å². The number of amides is 1. The minimum atomic E-state index is -4.76. The van der Waals surface area contributed by atoms with Crippen LogP contribution in [0, 0.1) is 0 Å². The van der Waals surface area contributed by atoms with Gasteiger partial charge in [0.25, 0.3) is 5.91 Å². The molecule has 25 heavy (non-hydrogen) atoms. The summed E-state index contributed by atoms with van der Waals surface area (Å²) in [7, 11) is 0. The molecular formula is C15H15F4NO5. The van der Waals surface area contributed by atoms with Crippen molar-refractivity contribution >= 4 is 11.9 Å². The van der Waals surface area contributed by atoms with E-state index in [2.05, 4.69) is 4.74 Å². The summed E-state index contributed by atoms with van der Waals surface area (Å²) in [6.45, 7) is 0.142. The van der Waals surface area contributed by atoms with E-state index in [4.69, 9.17) is 9.84 Å². The first kappa shape index (κ1) is 19.0. The number of rotatable bonds is 6. The lowest BCUT2D eigenvalue weighted by atomic mass is 10.1. The molecule has 1 N–H and O–H groups in total. The standard InChI is InChI=1S/C15H15F4NO5/c16-14(17)15(18,19)25-11-4-2-1-3-10(11)13(23)20-5-6-24-8-9(20)7-12(21)22/h1-4,9,14H,5-8H2,(H,21,22). The summed E-state index contributed by atoms with van der Waals surface area (Å²) in [5.74, 6) is -2.67. The van der Waals surface area contributed by atoms with Crippen LogP contribution in [0.3, 0.4) is 0 Å². The summed E-state index contributed by atoms with van der Waals surface area (Å²) in [4.78, 5) is 24.7. The predicted molar refractivity (Wildman–Crippen MR) is 75.9 cm³/mol. The lowest BCUT2D eigenvalue weighted by Gasteiger charge is -2.35. The number of para-hydroxylation sites is 1. The van der Waals surface area contributed by atoms with Crippen LogP contribution in [0.1, 0.15) is 16.8 Å². The van der Waals surface area contributed by atoms with E-state index in [0.717, 1.165) is 17.0 Å². The van der Waals surface area contributed by atoms with Crippen molar-refractivity contribution in [3.05, 3.63) is 29.8 Å². The molecule has 1 heterocycles. The molecule has 1 aromatic carbocycles. The maximum atomic E-state index is 13.2. The first-order valence-corrected chi connectivity index (χ1v) is 7.27. The third-order valence-electron chi connectivity index (χ3n) is 3.52. The smallest absolute Gasteiger partial charge is 0.461 e. The van der Waals surface area contributed by atoms with E-state index < -0.39 is 42.6 Å². The van der Waals surface area contributed by atoms with Crippen LogP contribution < -0.4 is 4.74 Å². The second-order valence-electron chi connectivity index (χ2n) is 5.29. The fourth-order valence-electron chi connectivity index (χ4n) is 2.37. The Labute approximate surface area is 139 Å². The first-order valence-electron chi connectivity index (χ1n) is 7.27. The number of ether oxygens (including phenoxy) is 2. The summed E-state index contributed by atoms with van der Waals surface area (Å²) in [6.07, 6.45) is -9.23. The Hall–Kier alpha value is -2.36. The molecule has 10 heteroatoms. The van der Waals surface area contributed by atoms with Crippen molar-refractivity contribution in [2.45, 2.75) is 25.0 Å². The number of hydrogen-bond acceptors (Lipinski definition) is 4. The highest BCUT2D eigenvalue weighted by atomic mass is 19.3. The van der Waals surface area contributed by atoms with Gasteiger partial charge in [0.15, 0.2) is 0 Å². The Kier molecular flexibility index (Phi) is 5.83. The summed E-state index contributed by atoms with van der Waals surface area (Å²) in [5, 5.41) is 8.90. The van der Waals surface area contributed by atoms with Gasteiger partial charge in [0.1, 0.15) is 5.75 Å². The minimum absolute atomic E-state index is 0.0335. The lowest BCUT2D eigenvalue weighted by Crippen LogP contribution is -2.49. The zero-order valence-corrected chi connectivity index (χ0v) is 12.8. The van der Waals surface area contributed by atoms with Crippen LogP contribution in [0.4, 0.5) is 17.6 Å². The SMILES string of the molecule is O=C(O)CC1COCCN1C(=O)c1ccccc1OC(F)(F)C(F)F. The van der Waals surface area contributed by atoms with Gasteiger partial charge in [-0.2, -0.15) is 17.6 Å². The first-order chi connectivity index (χ1) is 11.7. The number of hydrogen-bond donors (Lipinski definition) is 1. The summed E-state index contributed by atoms with van der Waals surface area (Å²) in [5.41, 5.74) is -0.361. The van der Waals surface area contributed by atoms with E-state index in [0.29, 0.717) is 0 Å². The molecule has 1 aliphatic heterocycles. The van der Waals surface area contributed by atoms with Gasteiger partial charge < -0.3 is 19.5 Å². The topological polar surface area (TPSA) is 76.1 Å². The molecule has 0 spiro atoms. The van der Waals surface area contributed by atoms with Gasteiger partial charge in [-0.15, -0.1) is 0 Å². The summed E-state index contributed by atoms with van der Waals surface area (Å²) < 4.78 is 60.2. The maximum Gasteiger partial charge on any atom is 0.461 e. The van der Waals surface area contributed by atoms with Crippen molar-refractivity contribution in [3.63, 3.8) is 0 Å². The maximum absolute atomic E-state index is 13.2. The lowest BCUT2D eigenvalue weighted by molar-refractivity contribution is -0.253. The number of carbonyl (C=O) groups is 2. The van der Waals surface area contributed by atoms with Crippen molar-refractivity contribution in [2.24, 2.45) is 0 Å². The van der Waals surface area contributed by atoms with Crippen LogP contribution in [-0.4, -0.2) is 60.2 Å². The molecule has 0 bridgehead atoms. The average Bonchev–Trinajstić information content (AvgIpc) is 2.54. The van der Waals surface area contributed by atoms with E-state index in [9.17, 15) is 27.2 Å². The van der Waals surface area contributed by atoms with Gasteiger partial charge in [0.2, 0.25) is 0 Å². The predicted octanol–water partition coefficient (Wildman–Crippen LogP) is 2.24. The average molecular weight is 365 g/mol. The highest BCUT2D eigenvalue weighted by Crippen LogP contribution is 2.31. The largest absolute Gasteiger partial charge is 0.481 e. The fraction of sp³-hybridized carbons (Fsp3) is 0.467. The second-order valence-corrected chi connectivity index (χ2v) is 5.29. The Morgan fingerprint density at radius 1 is 1.36 bits per heavy atom. The molecule has 1 aliphatic rings. The Bertz CT molecular complexity index is 640. The van der Waals surface area contributed by atoms with Gasteiger partial charge in [0, 0.05) is 6.54 Å². The number of carboxylic acid groups (broad SMARTS) is 1. The monoisotopic (exact) mass is 365 g/mol. The molecule has 1 amide bonds. The van der Waals surface area contributed by atoms with Gasteiger partial charge in [0.05, 0.1) is 31.2 Å². The normalized spacial score (nSPS) is 18.3. The van der Waals surface area contributed by atoms with Crippen molar-refractivity contribution in [1.29, 1.82) is 0 Å². The molecule has 6 nitrogen and oxygen atoms in total. The van der Waals surface area contributed by atoms with Crippen LogP contribution >= 0.6 is 0 Å². The van der Waals surface area contributed by atoms with Crippen LogP contribution in [0.2, 0.25) is 0 Å². The van der Waals surface area contributed by atoms with Gasteiger partial charge in [-0.25, -0.2) is 0 Å². The molecule has 0 aliphatic carbocycles. The van der Waals surface area contributed by atoms with Crippen molar-refractivity contribution in [2.75, 3.05) is 19.8 Å². The minimum Gasteiger partial charge on any atom is -0.481 e. The van der Waals surface area contributed by atoms with Gasteiger partial charge in [-0.1, -0.05) is 12.1 Å². The third kappa shape index (κ3) is 4.59. The van der Waals surface area contributed by atoms with Gasteiger partial charge in [-0.3, -0.25) is 9.59 Å². The molecule has 1 fully saturated rings. The molecule has 0 saturated carbocycles. The number of morpholine rings is 1. The molecule has 1 atom stereocenters. The number of halogens is 4. The zero-order chi connectivity index (χ0) is 18.6. The number of aliphatic carboxylic acids is 1. The van der Waals surface area contributed by atoms with Crippen LogP contribution in [0.15, 0.2) is 24.3 Å². The Balaban J connectivity index is 2.28. The number of alkyl halides is 4. The van der Waals surface area contributed by atoms with E-state index in [1.807, 2.05) is 0 Å². The highest BCUT2D eigenvalue weighted by Gasteiger charge is 2.45. The molecule has 1 unspecified atom stereocenters. The summed E-state index contributed by atoms with van der Waals surface area (Å²) >= 11 is 0. The van der Waals surface area contributed by atoms with Crippen molar-refractivity contribution in [1.82, 2.24) is 4.90 Å². The van der Waals surface area contributed by atoms with Gasteiger partial charge in [-0.05, 0) is 12.1 Å².